The number of hydrogen-bond acceptors (Lipinski definition) is 8. The third-order valence-electron chi connectivity index (χ3n) is 3.78. The van der Waals surface area contributed by atoms with Gasteiger partial charge in [0, 0.05) is 12.6 Å². The lowest BCUT2D eigenvalue weighted by Crippen LogP contribution is -2.22. The number of nitrogens with zero attached hydrogens (tertiary/aromatic N) is 3. The minimum atomic E-state index is -4.00. The summed E-state index contributed by atoms with van der Waals surface area (Å²) in [5.74, 6) is -0.440. The molecule has 0 fully saturated rings. The number of hydrazone groups is 1. The molecule has 0 atom stereocenters. The van der Waals surface area contributed by atoms with Crippen molar-refractivity contribution in [3.8, 4) is 11.5 Å². The van der Waals surface area contributed by atoms with Gasteiger partial charge >= 0.3 is 7.32 Å². The molecule has 9 nitrogen and oxygen atoms in total. The minimum Gasteiger partial charge on any atom is -0.512 e. The van der Waals surface area contributed by atoms with Gasteiger partial charge in [-0.1, -0.05) is 6.07 Å². The lowest BCUT2D eigenvalue weighted by molar-refractivity contribution is 0.288. The van der Waals surface area contributed by atoms with E-state index in [9.17, 15) is 12.8 Å². The van der Waals surface area contributed by atoms with Gasteiger partial charge < -0.3 is 19.4 Å². The van der Waals surface area contributed by atoms with E-state index >= 15 is 0 Å². The van der Waals surface area contributed by atoms with Gasteiger partial charge in [-0.3, -0.25) is 0 Å². The van der Waals surface area contributed by atoms with Crippen molar-refractivity contribution in [1.82, 2.24) is 5.01 Å². The molecule has 3 rings (SSSR count). The van der Waals surface area contributed by atoms with Crippen LogP contribution in [0, 0.1) is 5.82 Å². The standard InChI is InChI=1S/C16H15BFN3O6S/c1-21(19-9-10-3-6-13(18)14(7-10)26-2)16-12-5-4-11(27-17(22)23)8-15(12)28(24,25)20-16/h3-9,22-23H,1-2H3/b19-9+. The zero-order valence-electron chi connectivity index (χ0n) is 14.8. The third kappa shape index (κ3) is 3.98. The van der Waals surface area contributed by atoms with Crippen molar-refractivity contribution in [2.24, 2.45) is 9.50 Å². The van der Waals surface area contributed by atoms with Crippen molar-refractivity contribution in [1.29, 1.82) is 0 Å². The highest BCUT2D eigenvalue weighted by Crippen LogP contribution is 2.31. The van der Waals surface area contributed by atoms with Crippen LogP contribution >= 0.6 is 0 Å². The number of amidine groups is 1. The molecule has 1 aliphatic heterocycles. The Balaban J connectivity index is 1.89. The number of ether oxygens (including phenoxy) is 1. The van der Waals surface area contributed by atoms with Gasteiger partial charge in [-0.25, -0.2) is 9.40 Å². The van der Waals surface area contributed by atoms with Crippen molar-refractivity contribution in [2.75, 3.05) is 14.2 Å². The molecule has 2 aromatic rings. The first-order chi connectivity index (χ1) is 13.2. The lowest BCUT2D eigenvalue weighted by atomic mass is 10.1. The minimum absolute atomic E-state index is 0.0432. The molecular weight excluding hydrogens is 392 g/mol. The van der Waals surface area contributed by atoms with Gasteiger partial charge in [0.2, 0.25) is 0 Å². The monoisotopic (exact) mass is 407 g/mol. The Morgan fingerprint density at radius 2 is 2.00 bits per heavy atom. The van der Waals surface area contributed by atoms with Crippen LogP contribution in [-0.4, -0.2) is 57.0 Å². The molecule has 12 heteroatoms. The summed E-state index contributed by atoms with van der Waals surface area (Å²) >= 11 is 0. The maximum Gasteiger partial charge on any atom is 0.707 e. The van der Waals surface area contributed by atoms with Crippen molar-refractivity contribution in [3.05, 3.63) is 53.3 Å². The molecule has 0 saturated carbocycles. The van der Waals surface area contributed by atoms with E-state index in [0.717, 1.165) is 6.07 Å². The molecule has 1 aliphatic rings. The maximum absolute atomic E-state index is 13.5. The number of halogens is 1. The molecule has 2 N–H and O–H groups in total. The van der Waals surface area contributed by atoms with Crippen molar-refractivity contribution in [3.63, 3.8) is 0 Å². The Labute approximate surface area is 160 Å². The Morgan fingerprint density at radius 1 is 1.25 bits per heavy atom. The Bertz CT molecular complexity index is 1070. The molecule has 28 heavy (non-hydrogen) atoms. The van der Waals surface area contributed by atoms with Crippen LogP contribution in [0.1, 0.15) is 11.1 Å². The van der Waals surface area contributed by atoms with Crippen molar-refractivity contribution in [2.45, 2.75) is 4.90 Å². The second kappa shape index (κ2) is 7.58. The normalized spacial score (nSPS) is 14.5. The lowest BCUT2D eigenvalue weighted by Gasteiger charge is -2.13. The summed E-state index contributed by atoms with van der Waals surface area (Å²) in [7, 11) is -3.23. The van der Waals surface area contributed by atoms with Crippen LogP contribution in [0.25, 0.3) is 0 Å². The summed E-state index contributed by atoms with van der Waals surface area (Å²) in [5.41, 5.74) is 0.809. The number of rotatable bonds is 5. The third-order valence-corrected chi connectivity index (χ3v) is 5.09. The Kier molecular flexibility index (Phi) is 5.36. The maximum atomic E-state index is 13.5. The van der Waals surface area contributed by atoms with Crippen LogP contribution in [0.15, 0.2) is 50.8 Å². The summed E-state index contributed by atoms with van der Waals surface area (Å²) in [6, 6.07) is 8.09. The van der Waals surface area contributed by atoms with E-state index in [1.54, 1.807) is 0 Å². The fraction of sp³-hybridized carbons (Fsp3) is 0.125. The average Bonchev–Trinajstić information content (AvgIpc) is 2.91. The van der Waals surface area contributed by atoms with E-state index in [-0.39, 0.29) is 27.8 Å². The van der Waals surface area contributed by atoms with Crippen LogP contribution in [0.3, 0.4) is 0 Å². The number of hydrogen-bond donors (Lipinski definition) is 2. The van der Waals surface area contributed by atoms with Gasteiger partial charge in [-0.15, -0.1) is 4.40 Å². The fourth-order valence-corrected chi connectivity index (χ4v) is 3.75. The van der Waals surface area contributed by atoms with E-state index in [1.807, 2.05) is 0 Å². The summed E-state index contributed by atoms with van der Waals surface area (Å²) < 4.78 is 51.3. The van der Waals surface area contributed by atoms with E-state index < -0.39 is 23.2 Å². The quantitative estimate of drug-likeness (QED) is 0.423. The first-order valence-electron chi connectivity index (χ1n) is 7.84. The highest BCUT2D eigenvalue weighted by molar-refractivity contribution is 7.90. The van der Waals surface area contributed by atoms with E-state index in [4.69, 9.17) is 14.8 Å². The second-order valence-corrected chi connectivity index (χ2v) is 7.23. The molecule has 0 amide bonds. The summed E-state index contributed by atoms with van der Waals surface area (Å²) in [4.78, 5) is -0.147. The first kappa shape index (κ1) is 19.8. The average molecular weight is 407 g/mol. The predicted octanol–water partition coefficient (Wildman–Crippen LogP) is 0.597. The Morgan fingerprint density at radius 3 is 2.68 bits per heavy atom. The SMILES string of the molecule is COc1cc(/C=N/N(C)C2=NS(=O)(=O)c3cc(OB(O)O)ccc32)ccc1F. The molecule has 1 heterocycles. The molecule has 0 spiro atoms. The molecule has 0 radical (unpaired) electrons. The number of benzene rings is 2. The highest BCUT2D eigenvalue weighted by atomic mass is 32.2. The largest absolute Gasteiger partial charge is 0.707 e. The summed E-state index contributed by atoms with van der Waals surface area (Å²) in [6.07, 6.45) is 1.40. The van der Waals surface area contributed by atoms with Crippen molar-refractivity contribution >= 4 is 29.4 Å². The van der Waals surface area contributed by atoms with E-state index in [2.05, 4.69) is 14.2 Å². The molecule has 0 bridgehead atoms. The number of sulfonamides is 1. The van der Waals surface area contributed by atoms with Gasteiger partial charge in [-0.2, -0.15) is 13.5 Å². The molecular formula is C16H15BFN3O6S. The van der Waals surface area contributed by atoms with Crippen LogP contribution in [0.2, 0.25) is 0 Å². The van der Waals surface area contributed by atoms with Gasteiger partial charge in [0.15, 0.2) is 17.4 Å². The zero-order chi connectivity index (χ0) is 20.5. The van der Waals surface area contributed by atoms with Gasteiger partial charge in [-0.05, 0) is 35.9 Å². The van der Waals surface area contributed by atoms with Gasteiger partial charge in [0.05, 0.1) is 13.3 Å². The number of fused-ring (bicyclic) bond motifs is 1. The molecule has 0 aromatic heterocycles. The highest BCUT2D eigenvalue weighted by Gasteiger charge is 2.32. The molecule has 0 unspecified atom stereocenters. The van der Waals surface area contributed by atoms with E-state index in [1.165, 1.54) is 55.7 Å². The van der Waals surface area contributed by atoms with Crippen molar-refractivity contribution < 1.29 is 32.2 Å². The molecule has 0 saturated heterocycles. The van der Waals surface area contributed by atoms with Crippen LogP contribution in [0.5, 0.6) is 11.5 Å². The summed E-state index contributed by atoms with van der Waals surface area (Å²) in [5, 5.41) is 23.1. The second-order valence-electron chi connectivity index (χ2n) is 5.65. The predicted molar refractivity (Wildman–Crippen MR) is 99.3 cm³/mol. The first-order valence-corrected chi connectivity index (χ1v) is 9.29. The van der Waals surface area contributed by atoms with Crippen LogP contribution < -0.4 is 9.39 Å². The van der Waals surface area contributed by atoms with Crippen LogP contribution in [-0.2, 0) is 10.0 Å². The number of methoxy groups -OCH3 is 1. The Hall–Kier alpha value is -2.96. The molecule has 2 aromatic carbocycles. The van der Waals surface area contributed by atoms with Gasteiger partial charge in [0.25, 0.3) is 10.0 Å². The smallest absolute Gasteiger partial charge is 0.512 e. The zero-order valence-corrected chi connectivity index (χ0v) is 15.6. The molecule has 0 aliphatic carbocycles. The molecule has 146 valence electrons. The topological polar surface area (TPSA) is 121 Å². The fourth-order valence-electron chi connectivity index (χ4n) is 2.51. The van der Waals surface area contributed by atoms with Crippen LogP contribution in [0.4, 0.5) is 4.39 Å². The van der Waals surface area contributed by atoms with E-state index in [0.29, 0.717) is 5.56 Å². The summed E-state index contributed by atoms with van der Waals surface area (Å²) in [6.45, 7) is 0. The van der Waals surface area contributed by atoms with Gasteiger partial charge in [0.1, 0.15) is 10.6 Å².